The molecule has 7 aromatic carbocycles. The third kappa shape index (κ3) is 13.8. The van der Waals surface area contributed by atoms with Gasteiger partial charge in [-0.1, -0.05) is 154 Å². The van der Waals surface area contributed by atoms with E-state index in [2.05, 4.69) is 218 Å². The second-order valence-electron chi connectivity index (χ2n) is 25.5. The van der Waals surface area contributed by atoms with E-state index in [1.807, 2.05) is 26.0 Å². The molecule has 444 valence electrons. The van der Waals surface area contributed by atoms with E-state index < -0.39 is 5.41 Å². The number of aromatic hydroxyl groups is 1. The lowest BCUT2D eigenvalue weighted by molar-refractivity contribution is -0.401. The zero-order valence-corrected chi connectivity index (χ0v) is 52.7. The summed E-state index contributed by atoms with van der Waals surface area (Å²) >= 11 is 0. The van der Waals surface area contributed by atoms with Crippen molar-refractivity contribution in [3.05, 3.63) is 226 Å². The standard InChI is InChI=1S/C70H82N2O5.C8H10/c1-10-48(25-26-51(50-27-35-56(74)36-28-50)43-44-70(7,11-2)67(75)77-47-45-73)49-29-37-57(38-30-49)76-46-17-24-58-52(33-41-63-68(3,4)65-59-22-14-12-18-54(59)31-39-61(65)71(63)8)20-16-21-53(58)34-42-64-69(5,6)66-60-23-15-13-19-55(60)32-40-62(66)72(64)9;1-7-3-5-8(2)6-4-7/h12-15,18-19,22-23,27-42,48,51,73H,10-11,16-17,20-21,24-26,43-47H2,1-9H3;3-6H,1-2H3/p+1. The van der Waals surface area contributed by atoms with Crippen molar-refractivity contribution in [3.63, 3.8) is 0 Å². The molecule has 3 aliphatic rings. The highest BCUT2D eigenvalue weighted by Gasteiger charge is 2.44. The number of likely N-dealkylation sites (N-methyl/N-ethyl adjacent to an activating group) is 1. The number of hydrogen-bond acceptors (Lipinski definition) is 6. The maximum atomic E-state index is 13.1. The summed E-state index contributed by atoms with van der Waals surface area (Å²) in [6.45, 7) is 20.4. The molecule has 0 radical (unpaired) electrons. The molecule has 7 aromatic rings. The van der Waals surface area contributed by atoms with Crippen molar-refractivity contribution in [2.45, 2.75) is 156 Å². The van der Waals surface area contributed by atoms with Gasteiger partial charge >= 0.3 is 5.97 Å². The lowest BCUT2D eigenvalue weighted by Gasteiger charge is -2.29. The predicted octanol–water partition coefficient (Wildman–Crippen LogP) is 18.9. The number of fused-ring (bicyclic) bond motifs is 6. The van der Waals surface area contributed by atoms with Crippen molar-refractivity contribution in [2.24, 2.45) is 5.41 Å². The van der Waals surface area contributed by atoms with E-state index in [1.54, 1.807) is 12.1 Å². The second-order valence-corrected chi connectivity index (χ2v) is 25.5. The Bertz CT molecular complexity index is 3610. The van der Waals surface area contributed by atoms with Crippen LogP contribution in [-0.4, -0.2) is 60.4 Å². The predicted molar refractivity (Wildman–Crippen MR) is 355 cm³/mol. The van der Waals surface area contributed by atoms with Gasteiger partial charge in [0.1, 0.15) is 25.2 Å². The van der Waals surface area contributed by atoms with Crippen LogP contribution in [0, 0.1) is 19.3 Å². The van der Waals surface area contributed by atoms with Crippen molar-refractivity contribution in [1.82, 2.24) is 0 Å². The first-order chi connectivity index (χ1) is 40.9. The summed E-state index contributed by atoms with van der Waals surface area (Å²) in [4.78, 5) is 15.5. The van der Waals surface area contributed by atoms with Gasteiger partial charge in [0.2, 0.25) is 5.69 Å². The largest absolute Gasteiger partial charge is 0.508 e. The van der Waals surface area contributed by atoms with Gasteiger partial charge < -0.3 is 24.6 Å². The molecule has 0 bridgehead atoms. The van der Waals surface area contributed by atoms with Gasteiger partial charge in [-0.3, -0.25) is 4.79 Å². The maximum absolute atomic E-state index is 13.1. The zero-order valence-electron chi connectivity index (χ0n) is 52.7. The third-order valence-corrected chi connectivity index (χ3v) is 19.1. The van der Waals surface area contributed by atoms with Crippen molar-refractivity contribution in [2.75, 3.05) is 38.8 Å². The molecule has 0 saturated heterocycles. The SMILES string of the molecule is CCC(CCC(CCC(C)(CC)C(=O)OCCO)c1ccc(O)cc1)c1ccc(OCCCC2=C(/C=C/C3=[N+](C)c4ccc5ccccc5c4C3(C)C)CCC/C2=C\C=C2\N(C)c3ccc4ccccc4c3C2(C)C)cc1.Cc1ccc(C)cc1. The molecule has 2 N–H and O–H groups in total. The van der Waals surface area contributed by atoms with Crippen LogP contribution in [0.3, 0.4) is 0 Å². The number of allylic oxidation sites excluding steroid dienone is 8. The van der Waals surface area contributed by atoms with E-state index in [9.17, 15) is 15.0 Å². The Balaban J connectivity index is 0.000000998. The number of carbonyl (C=O) groups is 1. The van der Waals surface area contributed by atoms with Crippen LogP contribution >= 0.6 is 0 Å². The quantitative estimate of drug-likeness (QED) is 0.0424. The highest BCUT2D eigenvalue weighted by Crippen LogP contribution is 2.51. The Labute approximate surface area is 508 Å². The summed E-state index contributed by atoms with van der Waals surface area (Å²) in [5.74, 6) is 1.47. The summed E-state index contributed by atoms with van der Waals surface area (Å²) in [6, 6.07) is 51.5. The van der Waals surface area contributed by atoms with Crippen molar-refractivity contribution >= 4 is 44.6 Å². The van der Waals surface area contributed by atoms with Crippen LogP contribution in [-0.2, 0) is 20.4 Å². The highest BCUT2D eigenvalue weighted by atomic mass is 16.5. The smallest absolute Gasteiger partial charge is 0.311 e. The Morgan fingerprint density at radius 2 is 1.32 bits per heavy atom. The summed E-state index contributed by atoms with van der Waals surface area (Å²) < 4.78 is 14.4. The summed E-state index contributed by atoms with van der Waals surface area (Å²) in [5.41, 5.74) is 16.5. The molecule has 0 amide bonds. The number of hydrogen-bond donors (Lipinski definition) is 2. The number of benzene rings is 7. The minimum atomic E-state index is -0.630. The summed E-state index contributed by atoms with van der Waals surface area (Å²) in [5, 5.41) is 24.6. The number of anilines is 1. The Morgan fingerprint density at radius 3 is 1.96 bits per heavy atom. The summed E-state index contributed by atoms with van der Waals surface area (Å²) in [7, 11) is 4.46. The average Bonchev–Trinajstić information content (AvgIpc) is 1.88. The van der Waals surface area contributed by atoms with E-state index >= 15 is 0 Å². The molecule has 0 saturated carbocycles. The zero-order chi connectivity index (χ0) is 60.5. The molecule has 0 aromatic heterocycles. The topological polar surface area (TPSA) is 82.2 Å². The molecule has 2 heterocycles. The van der Waals surface area contributed by atoms with Crippen LogP contribution in [0.25, 0.3) is 21.5 Å². The van der Waals surface area contributed by atoms with E-state index in [0.717, 1.165) is 63.5 Å². The number of ether oxygens (including phenoxy) is 2. The number of rotatable bonds is 21. The van der Waals surface area contributed by atoms with E-state index in [-0.39, 0.29) is 41.7 Å². The molecule has 7 nitrogen and oxygen atoms in total. The Morgan fingerprint density at radius 1 is 0.706 bits per heavy atom. The lowest BCUT2D eigenvalue weighted by Crippen LogP contribution is -2.30. The van der Waals surface area contributed by atoms with Gasteiger partial charge in [-0.2, -0.15) is 4.58 Å². The van der Waals surface area contributed by atoms with Crippen molar-refractivity contribution in [3.8, 4) is 11.5 Å². The number of aliphatic hydroxyl groups is 1. The van der Waals surface area contributed by atoms with Gasteiger partial charge in [0, 0.05) is 41.6 Å². The number of aliphatic hydroxyl groups excluding tert-OH is 1. The normalized spacial score (nSPS) is 17.7. The molecule has 2 aliphatic heterocycles. The molecule has 1 aliphatic carbocycles. The molecule has 3 atom stereocenters. The van der Waals surface area contributed by atoms with Gasteiger partial charge in [0.15, 0.2) is 5.71 Å². The van der Waals surface area contributed by atoms with Crippen LogP contribution in [0.2, 0.25) is 0 Å². The number of aryl methyl sites for hydroxylation is 2. The van der Waals surface area contributed by atoms with Crippen LogP contribution < -0.4 is 9.64 Å². The van der Waals surface area contributed by atoms with Gasteiger partial charge in [-0.05, 0) is 215 Å². The minimum Gasteiger partial charge on any atom is -0.508 e. The number of phenolic OH excluding ortho intramolecular Hbond substituents is 1. The Hall–Kier alpha value is -7.48. The average molecular weight is 1140 g/mol. The van der Waals surface area contributed by atoms with Crippen LogP contribution in [0.4, 0.5) is 11.4 Å². The van der Waals surface area contributed by atoms with Gasteiger partial charge in [-0.15, -0.1) is 0 Å². The first-order valence-corrected chi connectivity index (χ1v) is 31.4. The van der Waals surface area contributed by atoms with Gasteiger partial charge in [-0.25, -0.2) is 0 Å². The molecule has 0 fully saturated rings. The number of nitrogens with zero attached hydrogens (tertiary/aromatic N) is 2. The first kappa shape index (κ1) is 62.1. The van der Waals surface area contributed by atoms with E-state index in [1.165, 1.54) is 94.4 Å². The fourth-order valence-corrected chi connectivity index (χ4v) is 13.8. The molecule has 3 unspecified atom stereocenters. The summed E-state index contributed by atoms with van der Waals surface area (Å²) in [6.07, 6.45) is 19.9. The molecule has 10 rings (SSSR count). The molecular weight excluding hydrogens is 1040 g/mol. The monoisotopic (exact) mass is 1140 g/mol. The second kappa shape index (κ2) is 27.3. The third-order valence-electron chi connectivity index (χ3n) is 19.1. The fourth-order valence-electron chi connectivity index (χ4n) is 13.8. The molecule has 85 heavy (non-hydrogen) atoms. The Kier molecular flexibility index (Phi) is 19.9. The van der Waals surface area contributed by atoms with Crippen molar-refractivity contribution < 1.29 is 29.1 Å². The first-order valence-electron chi connectivity index (χ1n) is 31.4. The van der Waals surface area contributed by atoms with Gasteiger partial charge in [0.25, 0.3) is 0 Å². The van der Waals surface area contributed by atoms with Crippen LogP contribution in [0.1, 0.15) is 164 Å². The molecule has 0 spiro atoms. The number of carbonyl (C=O) groups excluding carboxylic acids is 1. The maximum Gasteiger partial charge on any atom is 0.311 e. The van der Waals surface area contributed by atoms with E-state index in [0.29, 0.717) is 25.4 Å². The number of phenols is 1. The fraction of sp³-hybridized carbons (Fsp3) is 0.385. The lowest BCUT2D eigenvalue weighted by atomic mass is 9.77. The van der Waals surface area contributed by atoms with Gasteiger partial charge in [0.05, 0.1) is 24.0 Å². The highest BCUT2D eigenvalue weighted by molar-refractivity contribution is 6.07. The molecular formula is C78H93N2O5+. The van der Waals surface area contributed by atoms with E-state index in [4.69, 9.17) is 9.47 Å². The van der Waals surface area contributed by atoms with Crippen molar-refractivity contribution in [1.29, 1.82) is 0 Å². The minimum absolute atomic E-state index is 0.0176. The number of esters is 1. The molecule has 7 heteroatoms. The van der Waals surface area contributed by atoms with Crippen LogP contribution in [0.15, 0.2) is 192 Å². The van der Waals surface area contributed by atoms with Crippen LogP contribution in [0.5, 0.6) is 11.5 Å².